The zero-order chi connectivity index (χ0) is 15.0. The van der Waals surface area contributed by atoms with Crippen molar-refractivity contribution in [3.05, 3.63) is 27.7 Å². The summed E-state index contributed by atoms with van der Waals surface area (Å²) in [6.07, 6.45) is -0.864. The van der Waals surface area contributed by atoms with E-state index in [1.54, 1.807) is 0 Å². The summed E-state index contributed by atoms with van der Waals surface area (Å²) in [5, 5.41) is 18.8. The normalized spacial score (nSPS) is 22.1. The van der Waals surface area contributed by atoms with Crippen LogP contribution in [0.1, 0.15) is 16.8 Å². The lowest BCUT2D eigenvalue weighted by Gasteiger charge is -2.21. The average molecular weight is 319 g/mol. The number of nitrogens with two attached hydrogens (primary N) is 1. The number of aliphatic carboxylic acids is 1. The Hall–Kier alpha value is -1.50. The molecule has 1 amide bonds. The van der Waals surface area contributed by atoms with Gasteiger partial charge in [-0.1, -0.05) is 23.2 Å². The Morgan fingerprint density at radius 3 is 2.35 bits per heavy atom. The number of likely N-dealkylation sites (tertiary alicyclic amines) is 1. The van der Waals surface area contributed by atoms with Gasteiger partial charge in [0, 0.05) is 18.5 Å². The summed E-state index contributed by atoms with van der Waals surface area (Å²) in [6, 6.07) is 1.59. The molecule has 0 saturated carbocycles. The Kier molecular flexibility index (Phi) is 4.08. The second kappa shape index (κ2) is 5.47. The van der Waals surface area contributed by atoms with E-state index in [-0.39, 0.29) is 34.3 Å². The average Bonchev–Trinajstić information content (AvgIpc) is 2.76. The Morgan fingerprint density at radius 1 is 1.30 bits per heavy atom. The second-order valence-corrected chi connectivity index (χ2v) is 5.37. The van der Waals surface area contributed by atoms with Crippen LogP contribution in [0, 0.1) is 0 Å². The molecule has 0 radical (unpaired) electrons. The lowest BCUT2D eigenvalue weighted by atomic mass is 10.1. The van der Waals surface area contributed by atoms with Gasteiger partial charge >= 0.3 is 5.97 Å². The zero-order valence-corrected chi connectivity index (χ0v) is 11.7. The number of aliphatic hydroxyl groups excluding tert-OH is 1. The summed E-state index contributed by atoms with van der Waals surface area (Å²) in [5.74, 6) is -1.72. The predicted octanol–water partition coefficient (Wildman–Crippen LogP) is 1.24. The van der Waals surface area contributed by atoms with Crippen molar-refractivity contribution in [3.63, 3.8) is 0 Å². The smallest absolute Gasteiger partial charge is 0.326 e. The standard InChI is InChI=1S/C12H12Cl2N2O4/c13-7-1-5(2-8(14)10(7)15)11(18)16-4-6(17)3-9(16)12(19)20/h1-2,6,9,17H,3-4,15H2,(H,19,20)/t6-,9+/m1/s1. The zero-order valence-electron chi connectivity index (χ0n) is 10.2. The summed E-state index contributed by atoms with van der Waals surface area (Å²) >= 11 is 11.7. The van der Waals surface area contributed by atoms with Crippen molar-refractivity contribution in [1.82, 2.24) is 4.90 Å². The van der Waals surface area contributed by atoms with Crippen LogP contribution in [0.5, 0.6) is 0 Å². The highest BCUT2D eigenvalue weighted by atomic mass is 35.5. The van der Waals surface area contributed by atoms with E-state index in [4.69, 9.17) is 34.0 Å². The first kappa shape index (κ1) is 14.9. The van der Waals surface area contributed by atoms with E-state index in [9.17, 15) is 14.7 Å². The maximum Gasteiger partial charge on any atom is 0.326 e. The molecule has 1 aliphatic heterocycles. The molecule has 2 rings (SSSR count). The second-order valence-electron chi connectivity index (χ2n) is 4.55. The van der Waals surface area contributed by atoms with E-state index < -0.39 is 24.0 Å². The van der Waals surface area contributed by atoms with Gasteiger partial charge in [0.25, 0.3) is 5.91 Å². The highest BCUT2D eigenvalue weighted by molar-refractivity contribution is 6.39. The molecule has 0 spiro atoms. The molecule has 8 heteroatoms. The molecule has 1 saturated heterocycles. The monoisotopic (exact) mass is 318 g/mol. The number of hydrogen-bond donors (Lipinski definition) is 3. The maximum atomic E-state index is 12.3. The number of rotatable bonds is 2. The fraction of sp³-hybridized carbons (Fsp3) is 0.333. The van der Waals surface area contributed by atoms with E-state index in [1.807, 2.05) is 0 Å². The number of amides is 1. The molecule has 1 heterocycles. The van der Waals surface area contributed by atoms with Gasteiger partial charge in [-0.25, -0.2) is 4.79 Å². The minimum absolute atomic E-state index is 0.00247. The van der Waals surface area contributed by atoms with Crippen LogP contribution in [0.2, 0.25) is 10.0 Å². The van der Waals surface area contributed by atoms with Gasteiger partial charge in [0.2, 0.25) is 0 Å². The molecule has 4 N–H and O–H groups in total. The van der Waals surface area contributed by atoms with E-state index in [2.05, 4.69) is 0 Å². The van der Waals surface area contributed by atoms with Gasteiger partial charge in [0.05, 0.1) is 21.8 Å². The molecule has 1 fully saturated rings. The van der Waals surface area contributed by atoms with Crippen molar-refractivity contribution in [2.45, 2.75) is 18.6 Å². The summed E-state index contributed by atoms with van der Waals surface area (Å²) in [6.45, 7) is -0.0462. The van der Waals surface area contributed by atoms with Crippen LogP contribution < -0.4 is 5.73 Å². The number of carbonyl (C=O) groups is 2. The van der Waals surface area contributed by atoms with Crippen LogP contribution in [-0.2, 0) is 4.79 Å². The van der Waals surface area contributed by atoms with Crippen LogP contribution in [0.15, 0.2) is 12.1 Å². The molecule has 20 heavy (non-hydrogen) atoms. The molecule has 0 unspecified atom stereocenters. The van der Waals surface area contributed by atoms with Crippen molar-refractivity contribution >= 4 is 40.8 Å². The largest absolute Gasteiger partial charge is 0.480 e. The first-order valence-electron chi connectivity index (χ1n) is 5.77. The molecular formula is C12H12Cl2N2O4. The summed E-state index contributed by atoms with van der Waals surface area (Å²) in [4.78, 5) is 24.5. The van der Waals surface area contributed by atoms with Gasteiger partial charge in [-0.2, -0.15) is 0 Å². The fourth-order valence-corrected chi connectivity index (χ4v) is 2.63. The van der Waals surface area contributed by atoms with Gasteiger partial charge in [-0.05, 0) is 12.1 Å². The first-order chi connectivity index (χ1) is 9.31. The molecule has 0 bridgehead atoms. The fourth-order valence-electron chi connectivity index (χ4n) is 2.15. The van der Waals surface area contributed by atoms with Crippen molar-refractivity contribution < 1.29 is 19.8 Å². The van der Waals surface area contributed by atoms with Crippen LogP contribution in [0.25, 0.3) is 0 Å². The Bertz CT molecular complexity index is 556. The molecule has 0 aromatic heterocycles. The number of carbonyl (C=O) groups excluding carboxylic acids is 1. The van der Waals surface area contributed by atoms with Gasteiger partial charge < -0.3 is 20.8 Å². The molecule has 2 atom stereocenters. The highest BCUT2D eigenvalue weighted by Crippen LogP contribution is 2.30. The lowest BCUT2D eigenvalue weighted by molar-refractivity contribution is -0.141. The number of anilines is 1. The Balaban J connectivity index is 2.33. The van der Waals surface area contributed by atoms with Crippen molar-refractivity contribution in [2.24, 2.45) is 0 Å². The van der Waals surface area contributed by atoms with E-state index >= 15 is 0 Å². The molecule has 0 aliphatic carbocycles. The third kappa shape index (κ3) is 2.67. The van der Waals surface area contributed by atoms with Gasteiger partial charge in [0.15, 0.2) is 0 Å². The summed E-state index contributed by atoms with van der Waals surface area (Å²) < 4.78 is 0. The summed E-state index contributed by atoms with van der Waals surface area (Å²) in [7, 11) is 0. The number of nitrogen functional groups attached to an aromatic ring is 1. The topological polar surface area (TPSA) is 104 Å². The molecule has 1 aromatic rings. The third-order valence-corrected chi connectivity index (χ3v) is 3.78. The SMILES string of the molecule is Nc1c(Cl)cc(C(=O)N2C[C@H](O)C[C@H]2C(=O)O)cc1Cl. The van der Waals surface area contributed by atoms with E-state index in [0.29, 0.717) is 0 Å². The number of β-amino-alcohol motifs (C(OH)–C–C–N with tert-alkyl or cyclic N) is 1. The minimum atomic E-state index is -1.16. The van der Waals surface area contributed by atoms with E-state index in [0.717, 1.165) is 4.90 Å². The van der Waals surface area contributed by atoms with E-state index in [1.165, 1.54) is 12.1 Å². The van der Waals surface area contributed by atoms with Gasteiger partial charge in [0.1, 0.15) is 6.04 Å². The molecule has 6 nitrogen and oxygen atoms in total. The quantitative estimate of drug-likeness (QED) is 0.712. The Morgan fingerprint density at radius 2 is 1.85 bits per heavy atom. The number of halogens is 2. The van der Waals surface area contributed by atoms with Crippen molar-refractivity contribution in [1.29, 1.82) is 0 Å². The van der Waals surface area contributed by atoms with Gasteiger partial charge in [-0.3, -0.25) is 4.79 Å². The Labute approximate surface area is 124 Å². The number of benzene rings is 1. The lowest BCUT2D eigenvalue weighted by Crippen LogP contribution is -2.40. The van der Waals surface area contributed by atoms with Crippen molar-refractivity contribution in [3.8, 4) is 0 Å². The maximum absolute atomic E-state index is 12.3. The highest BCUT2D eigenvalue weighted by Gasteiger charge is 2.39. The number of hydrogen-bond acceptors (Lipinski definition) is 4. The van der Waals surface area contributed by atoms with Crippen molar-refractivity contribution in [2.75, 3.05) is 12.3 Å². The predicted molar refractivity (Wildman–Crippen MR) is 74.0 cm³/mol. The van der Waals surface area contributed by atoms with Crippen LogP contribution in [0.3, 0.4) is 0 Å². The number of nitrogens with zero attached hydrogens (tertiary/aromatic N) is 1. The first-order valence-corrected chi connectivity index (χ1v) is 6.53. The van der Waals surface area contributed by atoms with Crippen LogP contribution >= 0.6 is 23.2 Å². The third-order valence-electron chi connectivity index (χ3n) is 3.15. The number of aliphatic hydroxyl groups is 1. The summed E-state index contributed by atoms with van der Waals surface area (Å²) in [5.41, 5.74) is 5.87. The van der Waals surface area contributed by atoms with Gasteiger partial charge in [-0.15, -0.1) is 0 Å². The molecule has 108 valence electrons. The molecular weight excluding hydrogens is 307 g/mol. The minimum Gasteiger partial charge on any atom is -0.480 e. The number of carboxylic acids is 1. The number of carboxylic acid groups (broad SMARTS) is 1. The van der Waals surface area contributed by atoms with Crippen LogP contribution in [0.4, 0.5) is 5.69 Å². The molecule has 1 aromatic carbocycles. The van der Waals surface area contributed by atoms with Crippen LogP contribution in [-0.4, -0.2) is 45.7 Å². The molecule has 1 aliphatic rings.